The van der Waals surface area contributed by atoms with Crippen LogP contribution in [0.1, 0.15) is 31.2 Å². The van der Waals surface area contributed by atoms with Crippen LogP contribution in [0.5, 0.6) is 5.75 Å². The number of carbonyl (C=O) groups is 2. The van der Waals surface area contributed by atoms with E-state index in [4.69, 9.17) is 4.74 Å². The van der Waals surface area contributed by atoms with Crippen LogP contribution in [0, 0.1) is 5.92 Å². The van der Waals surface area contributed by atoms with Gasteiger partial charge in [0.05, 0.1) is 12.9 Å². The number of nitrogens with zero attached hydrogens (tertiary/aromatic N) is 2. The average Bonchev–Trinajstić information content (AvgIpc) is 2.92. The van der Waals surface area contributed by atoms with Crippen LogP contribution in [0.3, 0.4) is 0 Å². The molecule has 6 heteroatoms. The van der Waals surface area contributed by atoms with E-state index in [9.17, 15) is 9.59 Å². The zero-order valence-corrected chi connectivity index (χ0v) is 15.6. The molecule has 24 heavy (non-hydrogen) atoms. The highest BCUT2D eigenvalue weighted by Crippen LogP contribution is 2.42. The maximum Gasteiger partial charge on any atom is 0.233 e. The van der Waals surface area contributed by atoms with E-state index in [0.717, 1.165) is 11.3 Å². The molecule has 1 atom stereocenters. The molecular weight excluding hydrogens is 324 g/mol. The maximum atomic E-state index is 12.3. The molecule has 132 valence electrons. The molecule has 1 heterocycles. The number of benzene rings is 1. The van der Waals surface area contributed by atoms with Crippen molar-refractivity contribution >= 4 is 23.6 Å². The molecule has 0 bridgehead atoms. The zero-order chi connectivity index (χ0) is 17.7. The summed E-state index contributed by atoms with van der Waals surface area (Å²) in [6.07, 6.45) is 0.537. The van der Waals surface area contributed by atoms with Crippen molar-refractivity contribution in [1.82, 2.24) is 9.80 Å². The lowest BCUT2D eigenvalue weighted by atomic mass is 10.1. The van der Waals surface area contributed by atoms with Crippen molar-refractivity contribution in [3.63, 3.8) is 0 Å². The summed E-state index contributed by atoms with van der Waals surface area (Å²) in [7, 11) is 3.44. The first-order valence-electron chi connectivity index (χ1n) is 8.22. The standard InChI is InChI=1S/C18H26N2O3S/c1-13(2)11-16(21)19(3)9-10-20-17(22)12-24-18(20)14-7-5-6-8-15(14)23-4/h5-8,13,18H,9-12H2,1-4H3. The molecule has 1 saturated heterocycles. The van der Waals surface area contributed by atoms with Gasteiger partial charge in [-0.2, -0.15) is 0 Å². The average molecular weight is 350 g/mol. The van der Waals surface area contributed by atoms with Gasteiger partial charge in [-0.3, -0.25) is 9.59 Å². The second-order valence-electron chi connectivity index (χ2n) is 6.41. The lowest BCUT2D eigenvalue weighted by Gasteiger charge is -2.28. The van der Waals surface area contributed by atoms with Crippen LogP contribution in [0.25, 0.3) is 0 Å². The molecule has 1 fully saturated rings. The first-order valence-corrected chi connectivity index (χ1v) is 9.26. The minimum Gasteiger partial charge on any atom is -0.496 e. The second kappa shape index (κ2) is 8.42. The molecule has 0 N–H and O–H groups in total. The maximum absolute atomic E-state index is 12.3. The normalized spacial score (nSPS) is 17.5. The quantitative estimate of drug-likeness (QED) is 0.759. The van der Waals surface area contributed by atoms with E-state index in [1.807, 2.05) is 43.0 Å². The largest absolute Gasteiger partial charge is 0.496 e. The van der Waals surface area contributed by atoms with Gasteiger partial charge in [-0.1, -0.05) is 32.0 Å². The third-order valence-electron chi connectivity index (χ3n) is 4.06. The predicted octanol–water partition coefficient (Wildman–Crippen LogP) is 2.77. The lowest BCUT2D eigenvalue weighted by Crippen LogP contribution is -2.38. The SMILES string of the molecule is COc1ccccc1C1SCC(=O)N1CCN(C)C(=O)CC(C)C. The number of thioether (sulfide) groups is 1. The van der Waals surface area contributed by atoms with Gasteiger partial charge in [0.2, 0.25) is 11.8 Å². The van der Waals surface area contributed by atoms with Crippen molar-refractivity contribution < 1.29 is 14.3 Å². The highest BCUT2D eigenvalue weighted by Gasteiger charge is 2.34. The number of likely N-dealkylation sites (N-methyl/N-ethyl adjacent to an activating group) is 1. The van der Waals surface area contributed by atoms with Gasteiger partial charge >= 0.3 is 0 Å². The molecule has 0 radical (unpaired) electrons. The molecular formula is C18H26N2O3S. The minimum atomic E-state index is -0.0535. The van der Waals surface area contributed by atoms with E-state index in [0.29, 0.717) is 31.2 Å². The molecule has 1 unspecified atom stereocenters. The Morgan fingerprint density at radius 1 is 1.42 bits per heavy atom. The third-order valence-corrected chi connectivity index (χ3v) is 5.30. The molecule has 1 aliphatic heterocycles. The number of hydrogen-bond acceptors (Lipinski definition) is 4. The fourth-order valence-electron chi connectivity index (χ4n) is 2.71. The zero-order valence-electron chi connectivity index (χ0n) is 14.8. The monoisotopic (exact) mass is 350 g/mol. The fourth-order valence-corrected chi connectivity index (χ4v) is 3.95. The minimum absolute atomic E-state index is 0.0535. The Morgan fingerprint density at radius 3 is 2.79 bits per heavy atom. The van der Waals surface area contributed by atoms with Crippen LogP contribution in [-0.2, 0) is 9.59 Å². The van der Waals surface area contributed by atoms with Gasteiger partial charge in [0, 0.05) is 32.1 Å². The molecule has 5 nitrogen and oxygen atoms in total. The van der Waals surface area contributed by atoms with Gasteiger partial charge in [0.15, 0.2) is 0 Å². The molecule has 1 aliphatic rings. The highest BCUT2D eigenvalue weighted by molar-refractivity contribution is 8.00. The summed E-state index contributed by atoms with van der Waals surface area (Å²) < 4.78 is 5.43. The van der Waals surface area contributed by atoms with Gasteiger partial charge in [-0.05, 0) is 12.0 Å². The van der Waals surface area contributed by atoms with E-state index >= 15 is 0 Å². The molecule has 0 saturated carbocycles. The van der Waals surface area contributed by atoms with E-state index in [1.165, 1.54) is 0 Å². The van der Waals surface area contributed by atoms with Crippen molar-refractivity contribution in [1.29, 1.82) is 0 Å². The second-order valence-corrected chi connectivity index (χ2v) is 7.47. The van der Waals surface area contributed by atoms with Crippen LogP contribution in [0.4, 0.5) is 0 Å². The van der Waals surface area contributed by atoms with Crippen molar-refractivity contribution in [2.45, 2.75) is 25.6 Å². The Labute approximate surface area is 148 Å². The Balaban J connectivity index is 2.04. The Morgan fingerprint density at radius 2 is 2.12 bits per heavy atom. The van der Waals surface area contributed by atoms with Crippen LogP contribution in [0.2, 0.25) is 0 Å². The fraction of sp³-hybridized carbons (Fsp3) is 0.556. The molecule has 0 aliphatic carbocycles. The van der Waals surface area contributed by atoms with Crippen molar-refractivity contribution in [2.75, 3.05) is 33.0 Å². The van der Waals surface area contributed by atoms with Crippen LogP contribution < -0.4 is 4.74 Å². The summed E-state index contributed by atoms with van der Waals surface area (Å²) in [5.74, 6) is 1.83. The highest BCUT2D eigenvalue weighted by atomic mass is 32.2. The van der Waals surface area contributed by atoms with Gasteiger partial charge in [-0.15, -0.1) is 11.8 Å². The van der Waals surface area contributed by atoms with Gasteiger partial charge in [0.25, 0.3) is 0 Å². The van der Waals surface area contributed by atoms with Crippen molar-refractivity contribution in [3.8, 4) is 5.75 Å². The Kier molecular flexibility index (Phi) is 6.54. The van der Waals surface area contributed by atoms with Crippen molar-refractivity contribution in [3.05, 3.63) is 29.8 Å². The van der Waals surface area contributed by atoms with Gasteiger partial charge in [0.1, 0.15) is 11.1 Å². The molecule has 0 spiro atoms. The first-order chi connectivity index (χ1) is 11.4. The first kappa shape index (κ1) is 18.6. The van der Waals surface area contributed by atoms with Crippen LogP contribution in [-0.4, -0.2) is 54.6 Å². The van der Waals surface area contributed by atoms with E-state index in [1.54, 1.807) is 30.8 Å². The third kappa shape index (κ3) is 4.44. The summed E-state index contributed by atoms with van der Waals surface area (Å²) >= 11 is 1.60. The summed E-state index contributed by atoms with van der Waals surface area (Å²) in [6, 6.07) is 7.79. The summed E-state index contributed by atoms with van der Waals surface area (Å²) in [5, 5.41) is -0.0535. The van der Waals surface area contributed by atoms with Crippen LogP contribution >= 0.6 is 11.8 Å². The Hall–Kier alpha value is -1.69. The molecule has 2 amide bonds. The number of methoxy groups -OCH3 is 1. The number of amides is 2. The van der Waals surface area contributed by atoms with Gasteiger partial charge < -0.3 is 14.5 Å². The Bertz CT molecular complexity index is 591. The van der Waals surface area contributed by atoms with Crippen molar-refractivity contribution in [2.24, 2.45) is 5.92 Å². The van der Waals surface area contributed by atoms with Gasteiger partial charge in [-0.25, -0.2) is 0 Å². The number of carbonyl (C=O) groups excluding carboxylic acids is 2. The van der Waals surface area contributed by atoms with E-state index in [-0.39, 0.29) is 17.2 Å². The smallest absolute Gasteiger partial charge is 0.233 e. The number of ether oxygens (including phenoxy) is 1. The molecule has 0 aromatic heterocycles. The predicted molar refractivity (Wildman–Crippen MR) is 97.0 cm³/mol. The summed E-state index contributed by atoms with van der Waals surface area (Å²) in [4.78, 5) is 27.9. The molecule has 1 aromatic rings. The molecule has 2 rings (SSSR count). The number of para-hydroxylation sites is 1. The topological polar surface area (TPSA) is 49.9 Å². The van der Waals surface area contributed by atoms with Crippen LogP contribution in [0.15, 0.2) is 24.3 Å². The number of hydrogen-bond donors (Lipinski definition) is 0. The summed E-state index contributed by atoms with van der Waals surface area (Å²) in [5.41, 5.74) is 1.01. The van der Waals surface area contributed by atoms with E-state index < -0.39 is 0 Å². The van der Waals surface area contributed by atoms with E-state index in [2.05, 4.69) is 0 Å². The summed E-state index contributed by atoms with van der Waals surface area (Å²) in [6.45, 7) is 5.15. The lowest BCUT2D eigenvalue weighted by molar-refractivity contribution is -0.133. The number of rotatable bonds is 7. The molecule has 1 aromatic carbocycles.